The summed E-state index contributed by atoms with van der Waals surface area (Å²) in [6.07, 6.45) is 0. The molecule has 0 fully saturated rings. The molecule has 2 amide bonds. The molecule has 138 valence electrons. The Balaban J connectivity index is 1.81. The molecule has 0 aliphatic heterocycles. The minimum absolute atomic E-state index is 0.0671. The second kappa shape index (κ2) is 9.46. The summed E-state index contributed by atoms with van der Waals surface area (Å²) in [6.45, 7) is 2.67. The number of carbonyl (C=O) groups excluding carboxylic acids is 2. The van der Waals surface area contributed by atoms with Crippen LogP contribution in [-0.4, -0.2) is 50.6 Å². The summed E-state index contributed by atoms with van der Waals surface area (Å²) in [4.78, 5) is 25.2. The van der Waals surface area contributed by atoms with Crippen molar-refractivity contribution in [1.82, 2.24) is 10.2 Å². The molecule has 0 radical (unpaired) electrons. The lowest BCUT2D eigenvalue weighted by Crippen LogP contribution is -2.28. The van der Waals surface area contributed by atoms with Gasteiger partial charge >= 0.3 is 0 Å². The van der Waals surface area contributed by atoms with Gasteiger partial charge in [-0.15, -0.1) is 0 Å². The third-order valence-corrected chi connectivity index (χ3v) is 3.70. The molecule has 6 heteroatoms. The third kappa shape index (κ3) is 5.81. The highest BCUT2D eigenvalue weighted by atomic mass is 16.5. The summed E-state index contributed by atoms with van der Waals surface area (Å²) in [5.41, 5.74) is 1.52. The molecule has 0 saturated heterocycles. The van der Waals surface area contributed by atoms with Crippen molar-refractivity contribution in [3.63, 3.8) is 0 Å². The first-order chi connectivity index (χ1) is 12.5. The van der Waals surface area contributed by atoms with Gasteiger partial charge < -0.3 is 19.7 Å². The van der Waals surface area contributed by atoms with E-state index in [1.165, 1.54) is 4.90 Å². The fourth-order valence-corrected chi connectivity index (χ4v) is 2.15. The van der Waals surface area contributed by atoms with Crippen molar-refractivity contribution >= 4 is 11.8 Å². The molecule has 6 nitrogen and oxygen atoms in total. The van der Waals surface area contributed by atoms with Crippen LogP contribution in [0.4, 0.5) is 0 Å². The molecule has 0 saturated carbocycles. The van der Waals surface area contributed by atoms with E-state index in [-0.39, 0.29) is 18.4 Å². The summed E-state index contributed by atoms with van der Waals surface area (Å²) in [6, 6.07) is 14.5. The number of rotatable bonds is 8. The zero-order chi connectivity index (χ0) is 18.9. The third-order valence-electron chi connectivity index (χ3n) is 3.70. The highest BCUT2D eigenvalue weighted by molar-refractivity contribution is 5.94. The van der Waals surface area contributed by atoms with Crippen LogP contribution in [0.5, 0.6) is 11.5 Å². The monoisotopic (exact) mass is 356 g/mol. The highest BCUT2D eigenvalue weighted by Gasteiger charge is 2.09. The van der Waals surface area contributed by atoms with E-state index >= 15 is 0 Å². The van der Waals surface area contributed by atoms with Crippen molar-refractivity contribution in [2.24, 2.45) is 0 Å². The molecule has 0 spiro atoms. The first-order valence-corrected chi connectivity index (χ1v) is 8.37. The quantitative estimate of drug-likeness (QED) is 0.737. The van der Waals surface area contributed by atoms with Crippen LogP contribution < -0.4 is 14.8 Å². The van der Waals surface area contributed by atoms with Crippen molar-refractivity contribution in [2.75, 3.05) is 33.9 Å². The van der Waals surface area contributed by atoms with E-state index in [9.17, 15) is 9.59 Å². The topological polar surface area (TPSA) is 67.9 Å². The minimum Gasteiger partial charge on any atom is -0.491 e. The number of aryl methyl sites for hydroxylation is 1. The lowest BCUT2D eigenvalue weighted by molar-refractivity contribution is -0.130. The summed E-state index contributed by atoms with van der Waals surface area (Å²) >= 11 is 0. The molecule has 0 heterocycles. The predicted octanol–water partition coefficient (Wildman–Crippen LogP) is 2.27. The SMILES string of the molecule is Cc1ccccc1OCCNC(=O)c1cccc(OCC(=O)N(C)C)c1. The molecule has 2 aromatic rings. The number of hydrogen-bond acceptors (Lipinski definition) is 4. The van der Waals surface area contributed by atoms with Crippen LogP contribution in [0.1, 0.15) is 15.9 Å². The van der Waals surface area contributed by atoms with Crippen molar-refractivity contribution in [1.29, 1.82) is 0 Å². The Kier molecular flexibility index (Phi) is 7.02. The second-order valence-electron chi connectivity index (χ2n) is 5.97. The molecule has 0 unspecified atom stereocenters. The van der Waals surface area contributed by atoms with Crippen LogP contribution in [0.25, 0.3) is 0 Å². The Morgan fingerprint density at radius 3 is 2.54 bits per heavy atom. The Labute approximate surface area is 153 Å². The van der Waals surface area contributed by atoms with Crippen LogP contribution >= 0.6 is 0 Å². The Bertz CT molecular complexity index is 759. The summed E-state index contributed by atoms with van der Waals surface area (Å²) < 4.78 is 11.1. The van der Waals surface area contributed by atoms with Crippen LogP contribution in [-0.2, 0) is 4.79 Å². The van der Waals surface area contributed by atoms with Gasteiger partial charge in [0.1, 0.15) is 18.1 Å². The van der Waals surface area contributed by atoms with Gasteiger partial charge in [-0.25, -0.2) is 0 Å². The largest absolute Gasteiger partial charge is 0.491 e. The second-order valence-corrected chi connectivity index (χ2v) is 5.97. The van der Waals surface area contributed by atoms with E-state index in [1.54, 1.807) is 38.4 Å². The van der Waals surface area contributed by atoms with Gasteiger partial charge in [-0.2, -0.15) is 0 Å². The zero-order valence-electron chi connectivity index (χ0n) is 15.3. The molecule has 26 heavy (non-hydrogen) atoms. The maximum atomic E-state index is 12.2. The molecule has 0 aliphatic rings. The van der Waals surface area contributed by atoms with E-state index in [4.69, 9.17) is 9.47 Å². The van der Waals surface area contributed by atoms with Crippen LogP contribution in [0.15, 0.2) is 48.5 Å². The number of hydrogen-bond donors (Lipinski definition) is 1. The van der Waals surface area contributed by atoms with E-state index in [2.05, 4.69) is 5.32 Å². The molecule has 1 N–H and O–H groups in total. The fourth-order valence-electron chi connectivity index (χ4n) is 2.15. The van der Waals surface area contributed by atoms with Crippen molar-refractivity contribution in [2.45, 2.75) is 6.92 Å². The Morgan fingerprint density at radius 2 is 1.81 bits per heavy atom. The number of likely N-dealkylation sites (N-methyl/N-ethyl adjacent to an activating group) is 1. The molecule has 0 aromatic heterocycles. The van der Waals surface area contributed by atoms with Gasteiger partial charge in [0.05, 0.1) is 6.54 Å². The molecule has 0 atom stereocenters. The van der Waals surface area contributed by atoms with Crippen LogP contribution in [0, 0.1) is 6.92 Å². The van der Waals surface area contributed by atoms with E-state index in [0.29, 0.717) is 24.5 Å². The van der Waals surface area contributed by atoms with Gasteiger partial charge in [0.25, 0.3) is 11.8 Å². The van der Waals surface area contributed by atoms with E-state index in [0.717, 1.165) is 11.3 Å². The standard InChI is InChI=1S/C20H24N2O4/c1-15-7-4-5-10-18(15)25-12-11-21-20(24)16-8-6-9-17(13-16)26-14-19(23)22(2)3/h4-10,13H,11-12,14H2,1-3H3,(H,21,24). The maximum absolute atomic E-state index is 12.2. The highest BCUT2D eigenvalue weighted by Crippen LogP contribution is 2.16. The Hall–Kier alpha value is -3.02. The number of benzene rings is 2. The van der Waals surface area contributed by atoms with E-state index in [1.807, 2.05) is 31.2 Å². The smallest absolute Gasteiger partial charge is 0.259 e. The number of carbonyl (C=O) groups is 2. The molecular weight excluding hydrogens is 332 g/mol. The number of amides is 2. The lowest BCUT2D eigenvalue weighted by atomic mass is 10.2. The summed E-state index contributed by atoms with van der Waals surface area (Å²) in [5.74, 6) is 0.919. The molecule has 0 aliphatic carbocycles. The molecule has 2 aromatic carbocycles. The van der Waals surface area contributed by atoms with Crippen molar-refractivity contribution in [3.05, 3.63) is 59.7 Å². The van der Waals surface area contributed by atoms with Gasteiger partial charge in [0, 0.05) is 19.7 Å². The summed E-state index contributed by atoms with van der Waals surface area (Å²) in [5, 5.41) is 2.80. The Morgan fingerprint density at radius 1 is 1.04 bits per heavy atom. The van der Waals surface area contributed by atoms with E-state index < -0.39 is 0 Å². The van der Waals surface area contributed by atoms with Crippen LogP contribution in [0.3, 0.4) is 0 Å². The normalized spacial score (nSPS) is 10.1. The van der Waals surface area contributed by atoms with Crippen LogP contribution in [0.2, 0.25) is 0 Å². The van der Waals surface area contributed by atoms with Gasteiger partial charge in [-0.3, -0.25) is 9.59 Å². The van der Waals surface area contributed by atoms with Crippen molar-refractivity contribution < 1.29 is 19.1 Å². The number of nitrogens with one attached hydrogen (secondary N) is 1. The number of nitrogens with zero attached hydrogens (tertiary/aromatic N) is 1. The van der Waals surface area contributed by atoms with Gasteiger partial charge in [-0.05, 0) is 36.8 Å². The zero-order valence-corrected chi connectivity index (χ0v) is 15.3. The van der Waals surface area contributed by atoms with Crippen molar-refractivity contribution in [3.8, 4) is 11.5 Å². The number of ether oxygens (including phenoxy) is 2. The maximum Gasteiger partial charge on any atom is 0.259 e. The molecule has 2 rings (SSSR count). The van der Waals surface area contributed by atoms with Gasteiger partial charge in [0.2, 0.25) is 0 Å². The average molecular weight is 356 g/mol. The van der Waals surface area contributed by atoms with Gasteiger partial charge in [0.15, 0.2) is 6.61 Å². The lowest BCUT2D eigenvalue weighted by Gasteiger charge is -2.12. The molecule has 0 bridgehead atoms. The summed E-state index contributed by atoms with van der Waals surface area (Å²) in [7, 11) is 3.32. The molecular formula is C20H24N2O4. The fraction of sp³-hybridized carbons (Fsp3) is 0.300. The first kappa shape index (κ1) is 19.3. The predicted molar refractivity (Wildman–Crippen MR) is 99.6 cm³/mol. The number of para-hydroxylation sites is 1. The average Bonchev–Trinajstić information content (AvgIpc) is 2.64. The van der Waals surface area contributed by atoms with Gasteiger partial charge in [-0.1, -0.05) is 24.3 Å². The first-order valence-electron chi connectivity index (χ1n) is 8.37. The minimum atomic E-state index is -0.220.